The number of ether oxygens (including phenoxy) is 1. The molecule has 0 bridgehead atoms. The van der Waals surface area contributed by atoms with Crippen LogP contribution in [0.15, 0.2) is 18.3 Å². The molecule has 1 aromatic rings. The summed E-state index contributed by atoms with van der Waals surface area (Å²) in [4.78, 5) is 18.9. The molecule has 1 unspecified atom stereocenters. The van der Waals surface area contributed by atoms with E-state index in [-0.39, 0.29) is 11.9 Å². The Labute approximate surface area is 121 Å². The fraction of sp³-hybridized carbons (Fsp3) is 0.625. The van der Waals surface area contributed by atoms with E-state index in [0.29, 0.717) is 13.0 Å². The number of hydrogen-bond donors (Lipinski definition) is 0. The van der Waals surface area contributed by atoms with Crippen molar-refractivity contribution in [2.75, 3.05) is 26.2 Å². The Hall–Kier alpha value is -1.26. The number of aryl methyl sites for hydroxylation is 1. The number of rotatable bonds is 6. The van der Waals surface area contributed by atoms with E-state index >= 15 is 0 Å². The third-order valence-electron chi connectivity index (χ3n) is 3.70. The highest BCUT2D eigenvalue weighted by Crippen LogP contribution is 2.10. The maximum atomic E-state index is 12.3. The summed E-state index contributed by atoms with van der Waals surface area (Å²) in [6, 6.07) is 3.99. The Morgan fingerprint density at radius 2 is 2.30 bits per heavy atom. The minimum atomic E-state index is -0.289. The number of pyridine rings is 1. The molecule has 1 aliphatic rings. The van der Waals surface area contributed by atoms with Crippen LogP contribution in [0.5, 0.6) is 0 Å². The number of morpholine rings is 1. The monoisotopic (exact) mass is 276 g/mol. The van der Waals surface area contributed by atoms with Crippen molar-refractivity contribution in [1.29, 1.82) is 0 Å². The van der Waals surface area contributed by atoms with Crippen molar-refractivity contribution in [2.45, 2.75) is 39.2 Å². The number of nitrogens with zero attached hydrogens (tertiary/aromatic N) is 2. The summed E-state index contributed by atoms with van der Waals surface area (Å²) in [7, 11) is 0. The number of ketones is 1. The van der Waals surface area contributed by atoms with Crippen molar-refractivity contribution in [3.63, 3.8) is 0 Å². The summed E-state index contributed by atoms with van der Waals surface area (Å²) in [6.07, 6.45) is 4.02. The second-order valence-corrected chi connectivity index (χ2v) is 5.31. The molecule has 110 valence electrons. The predicted molar refractivity (Wildman–Crippen MR) is 78.8 cm³/mol. The normalized spacial score (nSPS) is 20.0. The van der Waals surface area contributed by atoms with Gasteiger partial charge in [0.15, 0.2) is 5.78 Å². The summed E-state index contributed by atoms with van der Waals surface area (Å²) >= 11 is 0. The molecular weight excluding hydrogens is 252 g/mol. The molecule has 4 nitrogen and oxygen atoms in total. The standard InChI is InChI=1S/C16H24N2O2/c1-3-7-18-8-9-20-16(12-18)15(19)10-14-6-5-13(4-2)11-17-14/h5-6,11,16H,3-4,7-10,12H2,1-2H3. The molecule has 0 aromatic carbocycles. The lowest BCUT2D eigenvalue weighted by molar-refractivity contribution is -0.135. The van der Waals surface area contributed by atoms with Crippen molar-refractivity contribution >= 4 is 5.78 Å². The van der Waals surface area contributed by atoms with Crippen LogP contribution in [0.25, 0.3) is 0 Å². The van der Waals surface area contributed by atoms with Gasteiger partial charge in [-0.25, -0.2) is 0 Å². The van der Waals surface area contributed by atoms with Crippen LogP contribution in [-0.4, -0.2) is 48.0 Å². The van der Waals surface area contributed by atoms with E-state index in [2.05, 4.69) is 23.7 Å². The van der Waals surface area contributed by atoms with Crippen LogP contribution in [-0.2, 0) is 22.4 Å². The molecule has 0 N–H and O–H groups in total. The molecule has 1 aliphatic heterocycles. The lowest BCUT2D eigenvalue weighted by Gasteiger charge is -2.31. The van der Waals surface area contributed by atoms with E-state index in [4.69, 9.17) is 4.74 Å². The maximum absolute atomic E-state index is 12.3. The van der Waals surface area contributed by atoms with Crippen molar-refractivity contribution in [2.24, 2.45) is 0 Å². The topological polar surface area (TPSA) is 42.4 Å². The average molecular weight is 276 g/mol. The first-order valence-electron chi connectivity index (χ1n) is 7.53. The average Bonchev–Trinajstić information content (AvgIpc) is 2.48. The van der Waals surface area contributed by atoms with Gasteiger partial charge in [0.25, 0.3) is 0 Å². The summed E-state index contributed by atoms with van der Waals surface area (Å²) < 4.78 is 5.61. The Bertz CT molecular complexity index is 429. The molecule has 0 amide bonds. The fourth-order valence-electron chi connectivity index (χ4n) is 2.48. The maximum Gasteiger partial charge on any atom is 0.168 e. The highest BCUT2D eigenvalue weighted by molar-refractivity contribution is 5.85. The summed E-state index contributed by atoms with van der Waals surface area (Å²) in [5, 5.41) is 0. The summed E-state index contributed by atoms with van der Waals surface area (Å²) in [6.45, 7) is 7.60. The SMILES string of the molecule is CCCN1CCOC(C(=O)Cc2ccc(CC)cn2)C1. The molecule has 0 aliphatic carbocycles. The molecule has 0 radical (unpaired) electrons. The van der Waals surface area contributed by atoms with E-state index in [0.717, 1.165) is 38.2 Å². The first-order valence-corrected chi connectivity index (χ1v) is 7.53. The van der Waals surface area contributed by atoms with Gasteiger partial charge in [-0.2, -0.15) is 0 Å². The van der Waals surface area contributed by atoms with Crippen LogP contribution in [0.4, 0.5) is 0 Å². The van der Waals surface area contributed by atoms with Gasteiger partial charge in [0, 0.05) is 25.0 Å². The van der Waals surface area contributed by atoms with Gasteiger partial charge in [-0.15, -0.1) is 0 Å². The van der Waals surface area contributed by atoms with E-state index < -0.39 is 0 Å². The smallest absolute Gasteiger partial charge is 0.168 e. The molecule has 1 fully saturated rings. The van der Waals surface area contributed by atoms with Gasteiger partial charge in [-0.05, 0) is 31.0 Å². The Balaban J connectivity index is 1.89. The molecule has 0 saturated carbocycles. The number of carbonyl (C=O) groups is 1. The zero-order chi connectivity index (χ0) is 14.4. The predicted octanol–water partition coefficient (Wildman–Crippen LogP) is 1.87. The van der Waals surface area contributed by atoms with E-state index in [1.54, 1.807) is 0 Å². The van der Waals surface area contributed by atoms with Crippen LogP contribution in [0.3, 0.4) is 0 Å². The largest absolute Gasteiger partial charge is 0.368 e. The van der Waals surface area contributed by atoms with Gasteiger partial charge in [0.2, 0.25) is 0 Å². The van der Waals surface area contributed by atoms with E-state index in [1.165, 1.54) is 5.56 Å². The Morgan fingerprint density at radius 3 is 2.95 bits per heavy atom. The fourth-order valence-corrected chi connectivity index (χ4v) is 2.48. The number of carbonyl (C=O) groups excluding carboxylic acids is 1. The summed E-state index contributed by atoms with van der Waals surface area (Å²) in [5.74, 6) is 0.141. The molecule has 0 spiro atoms. The second-order valence-electron chi connectivity index (χ2n) is 5.31. The van der Waals surface area contributed by atoms with Crippen LogP contribution in [0, 0.1) is 0 Å². The first-order chi connectivity index (χ1) is 9.72. The van der Waals surface area contributed by atoms with Crippen LogP contribution >= 0.6 is 0 Å². The lowest BCUT2D eigenvalue weighted by atomic mass is 10.1. The van der Waals surface area contributed by atoms with Crippen LogP contribution in [0.1, 0.15) is 31.5 Å². The molecule has 2 heterocycles. The first kappa shape index (κ1) is 15.1. The van der Waals surface area contributed by atoms with Gasteiger partial charge >= 0.3 is 0 Å². The molecular formula is C16H24N2O2. The quantitative estimate of drug-likeness (QED) is 0.795. The molecule has 1 aromatic heterocycles. The van der Waals surface area contributed by atoms with Crippen molar-refractivity contribution in [1.82, 2.24) is 9.88 Å². The van der Waals surface area contributed by atoms with Crippen molar-refractivity contribution in [3.05, 3.63) is 29.6 Å². The van der Waals surface area contributed by atoms with Gasteiger partial charge in [0.05, 0.1) is 13.0 Å². The van der Waals surface area contributed by atoms with Gasteiger partial charge in [-0.3, -0.25) is 14.7 Å². The van der Waals surface area contributed by atoms with Crippen molar-refractivity contribution < 1.29 is 9.53 Å². The number of hydrogen-bond acceptors (Lipinski definition) is 4. The minimum Gasteiger partial charge on any atom is -0.368 e. The van der Waals surface area contributed by atoms with E-state index in [1.807, 2.05) is 18.3 Å². The molecule has 20 heavy (non-hydrogen) atoms. The molecule has 4 heteroatoms. The van der Waals surface area contributed by atoms with Gasteiger partial charge in [0.1, 0.15) is 6.10 Å². The zero-order valence-electron chi connectivity index (χ0n) is 12.5. The summed E-state index contributed by atoms with van der Waals surface area (Å²) in [5.41, 5.74) is 2.03. The number of aromatic nitrogens is 1. The molecule has 2 rings (SSSR count). The Kier molecular flexibility index (Phi) is 5.68. The lowest BCUT2D eigenvalue weighted by Crippen LogP contribution is -2.46. The van der Waals surface area contributed by atoms with Crippen LogP contribution in [0.2, 0.25) is 0 Å². The minimum absolute atomic E-state index is 0.141. The van der Waals surface area contributed by atoms with Gasteiger partial charge in [-0.1, -0.05) is 19.9 Å². The molecule has 1 atom stereocenters. The Morgan fingerprint density at radius 1 is 1.45 bits per heavy atom. The van der Waals surface area contributed by atoms with Gasteiger partial charge < -0.3 is 4.74 Å². The third-order valence-corrected chi connectivity index (χ3v) is 3.70. The third kappa shape index (κ3) is 4.12. The highest BCUT2D eigenvalue weighted by Gasteiger charge is 2.26. The van der Waals surface area contributed by atoms with Crippen LogP contribution < -0.4 is 0 Å². The number of Topliss-reactive ketones (excluding diaryl/α,β-unsaturated/α-hetero) is 1. The van der Waals surface area contributed by atoms with Crippen molar-refractivity contribution in [3.8, 4) is 0 Å². The second kappa shape index (κ2) is 7.50. The molecule has 1 saturated heterocycles. The van der Waals surface area contributed by atoms with E-state index in [9.17, 15) is 4.79 Å². The highest BCUT2D eigenvalue weighted by atomic mass is 16.5. The zero-order valence-corrected chi connectivity index (χ0v) is 12.5.